The number of urea groups is 1. The normalized spacial score (nSPS) is 19.6. The van der Waals surface area contributed by atoms with Gasteiger partial charge in [-0.3, -0.25) is 4.79 Å². The highest BCUT2D eigenvalue weighted by atomic mass is 16.4. The van der Waals surface area contributed by atoms with Crippen molar-refractivity contribution in [2.24, 2.45) is 11.3 Å². The maximum absolute atomic E-state index is 11.9. The summed E-state index contributed by atoms with van der Waals surface area (Å²) >= 11 is 0. The summed E-state index contributed by atoms with van der Waals surface area (Å²) in [4.78, 5) is 23.6. The lowest BCUT2D eigenvalue weighted by Crippen LogP contribution is -2.48. The van der Waals surface area contributed by atoms with Crippen LogP contribution in [-0.4, -0.2) is 29.7 Å². The highest BCUT2D eigenvalue weighted by molar-refractivity contribution is 5.78. The largest absolute Gasteiger partial charge is 0.481 e. The fourth-order valence-corrected chi connectivity index (χ4v) is 3.16. The SMILES string of the molecule is CC(C)CC(C)NC(=O)NCC1(C(=O)O)CCCCCC1. The van der Waals surface area contributed by atoms with Gasteiger partial charge in [-0.1, -0.05) is 39.5 Å². The van der Waals surface area contributed by atoms with Crippen molar-refractivity contribution in [1.29, 1.82) is 0 Å². The number of aliphatic carboxylic acids is 1. The number of hydrogen-bond donors (Lipinski definition) is 3. The Morgan fingerprint density at radius 3 is 2.14 bits per heavy atom. The van der Waals surface area contributed by atoms with Crippen LogP contribution in [0.25, 0.3) is 0 Å². The molecule has 0 spiro atoms. The molecule has 1 atom stereocenters. The van der Waals surface area contributed by atoms with Gasteiger partial charge in [-0.2, -0.15) is 0 Å². The Balaban J connectivity index is 2.49. The monoisotopic (exact) mass is 298 g/mol. The van der Waals surface area contributed by atoms with E-state index < -0.39 is 11.4 Å². The summed E-state index contributed by atoms with van der Waals surface area (Å²) in [5.41, 5.74) is -0.783. The maximum atomic E-state index is 11.9. The third-order valence-electron chi connectivity index (χ3n) is 4.30. The van der Waals surface area contributed by atoms with E-state index in [1.807, 2.05) is 6.92 Å². The molecule has 1 aliphatic rings. The zero-order valence-electron chi connectivity index (χ0n) is 13.6. The first kappa shape index (κ1) is 17.8. The van der Waals surface area contributed by atoms with E-state index >= 15 is 0 Å². The van der Waals surface area contributed by atoms with Crippen molar-refractivity contribution in [2.75, 3.05) is 6.54 Å². The van der Waals surface area contributed by atoms with Gasteiger partial charge >= 0.3 is 12.0 Å². The average Bonchev–Trinajstić information content (AvgIpc) is 2.61. The molecule has 5 heteroatoms. The molecule has 1 saturated carbocycles. The van der Waals surface area contributed by atoms with Crippen molar-refractivity contribution in [3.8, 4) is 0 Å². The lowest BCUT2D eigenvalue weighted by atomic mass is 9.80. The molecule has 1 unspecified atom stereocenters. The Morgan fingerprint density at radius 2 is 1.67 bits per heavy atom. The minimum absolute atomic E-state index is 0.0971. The van der Waals surface area contributed by atoms with Gasteiger partial charge in [-0.25, -0.2) is 4.79 Å². The molecule has 0 aromatic carbocycles. The van der Waals surface area contributed by atoms with E-state index in [0.717, 1.165) is 32.1 Å². The van der Waals surface area contributed by atoms with E-state index in [0.29, 0.717) is 18.8 Å². The van der Waals surface area contributed by atoms with Gasteiger partial charge in [-0.05, 0) is 32.1 Å². The minimum atomic E-state index is -0.783. The zero-order chi connectivity index (χ0) is 15.9. The third-order valence-corrected chi connectivity index (χ3v) is 4.30. The number of hydrogen-bond acceptors (Lipinski definition) is 2. The fraction of sp³-hybridized carbons (Fsp3) is 0.875. The van der Waals surface area contributed by atoms with Crippen LogP contribution < -0.4 is 10.6 Å². The summed E-state index contributed by atoms with van der Waals surface area (Å²) in [6, 6.07) is -0.159. The summed E-state index contributed by atoms with van der Waals surface area (Å²) in [5.74, 6) is -0.257. The fourth-order valence-electron chi connectivity index (χ4n) is 3.16. The number of amides is 2. The standard InChI is InChI=1S/C16H30N2O3/c1-12(2)10-13(3)18-15(21)17-11-16(14(19)20)8-6-4-5-7-9-16/h12-13H,4-11H2,1-3H3,(H,19,20)(H2,17,18,21). The highest BCUT2D eigenvalue weighted by Gasteiger charge is 2.38. The Kier molecular flexibility index (Phi) is 6.99. The molecule has 2 amide bonds. The van der Waals surface area contributed by atoms with Gasteiger partial charge in [0.15, 0.2) is 0 Å². The van der Waals surface area contributed by atoms with Crippen LogP contribution >= 0.6 is 0 Å². The number of carbonyl (C=O) groups excluding carboxylic acids is 1. The topological polar surface area (TPSA) is 78.4 Å². The van der Waals surface area contributed by atoms with Gasteiger partial charge < -0.3 is 15.7 Å². The third kappa shape index (κ3) is 5.94. The summed E-state index contributed by atoms with van der Waals surface area (Å²) in [7, 11) is 0. The summed E-state index contributed by atoms with van der Waals surface area (Å²) < 4.78 is 0. The highest BCUT2D eigenvalue weighted by Crippen LogP contribution is 2.34. The molecule has 122 valence electrons. The van der Waals surface area contributed by atoms with Gasteiger partial charge in [0.2, 0.25) is 0 Å². The van der Waals surface area contributed by atoms with E-state index in [9.17, 15) is 14.7 Å². The Hall–Kier alpha value is -1.26. The van der Waals surface area contributed by atoms with Crippen LogP contribution in [0.2, 0.25) is 0 Å². The van der Waals surface area contributed by atoms with Crippen LogP contribution in [0.3, 0.4) is 0 Å². The summed E-state index contributed by atoms with van der Waals surface area (Å²) in [6.07, 6.45) is 6.27. The first-order chi connectivity index (χ1) is 9.85. The zero-order valence-corrected chi connectivity index (χ0v) is 13.6. The van der Waals surface area contributed by atoms with E-state index in [1.54, 1.807) is 0 Å². The maximum Gasteiger partial charge on any atom is 0.315 e. The van der Waals surface area contributed by atoms with Crippen molar-refractivity contribution in [3.05, 3.63) is 0 Å². The van der Waals surface area contributed by atoms with Crippen molar-refractivity contribution in [1.82, 2.24) is 10.6 Å². The molecule has 1 fully saturated rings. The molecule has 1 aliphatic carbocycles. The molecule has 0 aliphatic heterocycles. The molecule has 3 N–H and O–H groups in total. The Labute approximate surface area is 127 Å². The van der Waals surface area contributed by atoms with Gasteiger partial charge in [0.25, 0.3) is 0 Å². The number of nitrogens with one attached hydrogen (secondary N) is 2. The molecule has 0 saturated heterocycles. The molecule has 0 radical (unpaired) electrons. The van der Waals surface area contributed by atoms with Crippen LogP contribution in [-0.2, 0) is 4.79 Å². The molecule has 0 aromatic rings. The summed E-state index contributed by atoms with van der Waals surface area (Å²) in [5, 5.41) is 15.2. The quantitative estimate of drug-likeness (QED) is 0.659. The molecule has 1 rings (SSSR count). The first-order valence-corrected chi connectivity index (χ1v) is 8.13. The lowest BCUT2D eigenvalue weighted by molar-refractivity contribution is -0.149. The Bertz CT molecular complexity index is 347. The second-order valence-corrected chi connectivity index (χ2v) is 6.86. The first-order valence-electron chi connectivity index (χ1n) is 8.13. The van der Waals surface area contributed by atoms with Crippen LogP contribution in [0.4, 0.5) is 4.79 Å². The molecule has 0 heterocycles. The van der Waals surface area contributed by atoms with E-state index in [2.05, 4.69) is 24.5 Å². The molecular weight excluding hydrogens is 268 g/mol. The number of carbonyl (C=O) groups is 2. The van der Waals surface area contributed by atoms with E-state index in [1.165, 1.54) is 0 Å². The molecular formula is C16H30N2O3. The van der Waals surface area contributed by atoms with Gasteiger partial charge in [0, 0.05) is 12.6 Å². The van der Waals surface area contributed by atoms with Crippen LogP contribution in [0, 0.1) is 11.3 Å². The van der Waals surface area contributed by atoms with Crippen molar-refractivity contribution in [2.45, 2.75) is 71.8 Å². The molecule has 21 heavy (non-hydrogen) atoms. The second kappa shape index (κ2) is 8.25. The molecule has 0 aromatic heterocycles. The van der Waals surface area contributed by atoms with Crippen molar-refractivity contribution in [3.63, 3.8) is 0 Å². The van der Waals surface area contributed by atoms with Gasteiger partial charge in [0.1, 0.15) is 0 Å². The number of rotatable bonds is 6. The lowest BCUT2D eigenvalue weighted by Gasteiger charge is -2.28. The van der Waals surface area contributed by atoms with Crippen molar-refractivity contribution < 1.29 is 14.7 Å². The predicted octanol–water partition coefficient (Wildman–Crippen LogP) is 3.15. The number of carboxylic acids is 1. The Morgan fingerprint density at radius 1 is 1.10 bits per heavy atom. The molecule has 0 bridgehead atoms. The van der Waals surface area contributed by atoms with Gasteiger partial charge in [0.05, 0.1) is 5.41 Å². The van der Waals surface area contributed by atoms with Crippen LogP contribution in [0.15, 0.2) is 0 Å². The average molecular weight is 298 g/mol. The predicted molar refractivity (Wildman–Crippen MR) is 83.2 cm³/mol. The van der Waals surface area contributed by atoms with E-state index in [-0.39, 0.29) is 18.6 Å². The molecule has 5 nitrogen and oxygen atoms in total. The van der Waals surface area contributed by atoms with Crippen molar-refractivity contribution >= 4 is 12.0 Å². The van der Waals surface area contributed by atoms with Gasteiger partial charge in [-0.15, -0.1) is 0 Å². The van der Waals surface area contributed by atoms with Crippen LogP contribution in [0.5, 0.6) is 0 Å². The minimum Gasteiger partial charge on any atom is -0.481 e. The number of carboxylic acid groups (broad SMARTS) is 1. The summed E-state index contributed by atoms with van der Waals surface area (Å²) in [6.45, 7) is 6.42. The van der Waals surface area contributed by atoms with E-state index in [4.69, 9.17) is 0 Å². The second-order valence-electron chi connectivity index (χ2n) is 6.86. The smallest absolute Gasteiger partial charge is 0.315 e. The van der Waals surface area contributed by atoms with Crippen LogP contribution in [0.1, 0.15) is 65.7 Å².